The minimum Gasteiger partial charge on any atom is -0.343 e. The van der Waals surface area contributed by atoms with Crippen molar-refractivity contribution in [2.75, 3.05) is 0 Å². The summed E-state index contributed by atoms with van der Waals surface area (Å²) in [5.74, 6) is -0.0480. The van der Waals surface area contributed by atoms with Crippen LogP contribution in [0, 0.1) is 0 Å². The first kappa shape index (κ1) is 10.8. The van der Waals surface area contributed by atoms with Crippen molar-refractivity contribution in [3.05, 3.63) is 52.5 Å². The summed E-state index contributed by atoms with van der Waals surface area (Å²) < 4.78 is 0. The molecule has 4 heteroatoms. The molecule has 0 saturated heterocycles. The standard InChI is InChI=1S/C12H12N2OS/c1-9(10-5-2-3-7-13-10)14-12(15)11-6-4-8-16-11/h2-9H,1H3,(H,14,15). The van der Waals surface area contributed by atoms with E-state index in [2.05, 4.69) is 10.3 Å². The molecule has 0 aliphatic rings. The molecular weight excluding hydrogens is 220 g/mol. The molecule has 82 valence electrons. The third kappa shape index (κ3) is 2.46. The number of carbonyl (C=O) groups is 1. The highest BCUT2D eigenvalue weighted by Gasteiger charge is 2.12. The van der Waals surface area contributed by atoms with Gasteiger partial charge in [0.2, 0.25) is 0 Å². The highest BCUT2D eigenvalue weighted by Crippen LogP contribution is 2.12. The van der Waals surface area contributed by atoms with Crippen LogP contribution in [0.15, 0.2) is 41.9 Å². The molecule has 1 amide bonds. The molecule has 1 N–H and O–H groups in total. The summed E-state index contributed by atoms with van der Waals surface area (Å²) in [5.41, 5.74) is 0.868. The van der Waals surface area contributed by atoms with Crippen molar-refractivity contribution in [3.8, 4) is 0 Å². The zero-order chi connectivity index (χ0) is 11.4. The SMILES string of the molecule is CC(NC(=O)c1cccs1)c1ccccn1. The van der Waals surface area contributed by atoms with E-state index in [1.807, 2.05) is 42.6 Å². The molecule has 1 atom stereocenters. The molecular formula is C12H12N2OS. The number of pyridine rings is 1. The quantitative estimate of drug-likeness (QED) is 0.884. The molecule has 0 aromatic carbocycles. The van der Waals surface area contributed by atoms with Gasteiger partial charge in [0, 0.05) is 6.20 Å². The second kappa shape index (κ2) is 4.90. The van der Waals surface area contributed by atoms with E-state index < -0.39 is 0 Å². The normalized spacial score (nSPS) is 12.1. The molecule has 2 aromatic rings. The fourth-order valence-electron chi connectivity index (χ4n) is 1.38. The van der Waals surface area contributed by atoms with Gasteiger partial charge in [0.15, 0.2) is 0 Å². The number of nitrogens with one attached hydrogen (secondary N) is 1. The Morgan fingerprint density at radius 3 is 2.88 bits per heavy atom. The number of rotatable bonds is 3. The van der Waals surface area contributed by atoms with Gasteiger partial charge in [0.25, 0.3) is 5.91 Å². The highest BCUT2D eigenvalue weighted by atomic mass is 32.1. The number of hydrogen-bond acceptors (Lipinski definition) is 3. The van der Waals surface area contributed by atoms with Gasteiger partial charge in [0.1, 0.15) is 0 Å². The second-order valence-electron chi connectivity index (χ2n) is 3.43. The molecule has 2 aromatic heterocycles. The Morgan fingerprint density at radius 1 is 1.38 bits per heavy atom. The van der Waals surface area contributed by atoms with Gasteiger partial charge in [0.05, 0.1) is 16.6 Å². The van der Waals surface area contributed by atoms with Gasteiger partial charge in [-0.2, -0.15) is 0 Å². The van der Waals surface area contributed by atoms with E-state index in [1.165, 1.54) is 11.3 Å². The molecule has 2 heterocycles. The van der Waals surface area contributed by atoms with E-state index >= 15 is 0 Å². The number of thiophene rings is 1. The van der Waals surface area contributed by atoms with E-state index in [0.29, 0.717) is 0 Å². The Bertz CT molecular complexity index is 453. The van der Waals surface area contributed by atoms with Crippen molar-refractivity contribution >= 4 is 17.2 Å². The van der Waals surface area contributed by atoms with Crippen molar-refractivity contribution < 1.29 is 4.79 Å². The first-order valence-corrected chi connectivity index (χ1v) is 5.90. The largest absolute Gasteiger partial charge is 0.343 e. The summed E-state index contributed by atoms with van der Waals surface area (Å²) in [6, 6.07) is 9.28. The number of nitrogens with zero attached hydrogens (tertiary/aromatic N) is 1. The number of amides is 1. The maximum absolute atomic E-state index is 11.8. The fraction of sp³-hybridized carbons (Fsp3) is 0.167. The molecule has 0 saturated carbocycles. The zero-order valence-corrected chi connectivity index (χ0v) is 9.70. The molecule has 16 heavy (non-hydrogen) atoms. The zero-order valence-electron chi connectivity index (χ0n) is 8.88. The first-order valence-electron chi connectivity index (χ1n) is 5.02. The molecule has 0 aliphatic carbocycles. The molecule has 3 nitrogen and oxygen atoms in total. The summed E-state index contributed by atoms with van der Waals surface area (Å²) in [7, 11) is 0. The summed E-state index contributed by atoms with van der Waals surface area (Å²) >= 11 is 1.44. The molecule has 0 spiro atoms. The second-order valence-corrected chi connectivity index (χ2v) is 4.37. The van der Waals surface area contributed by atoms with Crippen LogP contribution in [0.4, 0.5) is 0 Å². The number of carbonyl (C=O) groups excluding carboxylic acids is 1. The Balaban J connectivity index is 2.03. The third-order valence-electron chi connectivity index (χ3n) is 2.22. The Labute approximate surface area is 98.2 Å². The van der Waals surface area contributed by atoms with Crippen molar-refractivity contribution in [3.63, 3.8) is 0 Å². The van der Waals surface area contributed by atoms with E-state index in [1.54, 1.807) is 6.20 Å². The van der Waals surface area contributed by atoms with Gasteiger partial charge in [-0.05, 0) is 30.5 Å². The smallest absolute Gasteiger partial charge is 0.261 e. The fourth-order valence-corrected chi connectivity index (χ4v) is 2.01. The third-order valence-corrected chi connectivity index (χ3v) is 3.09. The van der Waals surface area contributed by atoms with Crippen molar-refractivity contribution in [1.29, 1.82) is 0 Å². The van der Waals surface area contributed by atoms with E-state index in [9.17, 15) is 4.79 Å². The predicted molar refractivity (Wildman–Crippen MR) is 64.4 cm³/mol. The van der Waals surface area contributed by atoms with Gasteiger partial charge in [-0.1, -0.05) is 12.1 Å². The molecule has 0 aliphatic heterocycles. The summed E-state index contributed by atoms with van der Waals surface area (Å²) in [6.45, 7) is 1.92. The van der Waals surface area contributed by atoms with Gasteiger partial charge in [-0.25, -0.2) is 0 Å². The van der Waals surface area contributed by atoms with Crippen LogP contribution in [0.1, 0.15) is 28.3 Å². The van der Waals surface area contributed by atoms with Crippen LogP contribution in [0.5, 0.6) is 0 Å². The lowest BCUT2D eigenvalue weighted by atomic mass is 10.2. The summed E-state index contributed by atoms with van der Waals surface area (Å²) in [5, 5.41) is 4.80. The van der Waals surface area contributed by atoms with Crippen LogP contribution in [-0.2, 0) is 0 Å². The minimum absolute atomic E-state index is 0.0480. The average molecular weight is 232 g/mol. The molecule has 0 radical (unpaired) electrons. The Hall–Kier alpha value is -1.68. The van der Waals surface area contributed by atoms with Crippen LogP contribution in [0.25, 0.3) is 0 Å². The van der Waals surface area contributed by atoms with Gasteiger partial charge >= 0.3 is 0 Å². The highest BCUT2D eigenvalue weighted by molar-refractivity contribution is 7.12. The van der Waals surface area contributed by atoms with Crippen LogP contribution in [0.3, 0.4) is 0 Å². The number of hydrogen-bond donors (Lipinski definition) is 1. The molecule has 1 unspecified atom stereocenters. The van der Waals surface area contributed by atoms with Crippen molar-refractivity contribution in [2.45, 2.75) is 13.0 Å². The lowest BCUT2D eigenvalue weighted by Gasteiger charge is -2.12. The van der Waals surface area contributed by atoms with Crippen LogP contribution in [0.2, 0.25) is 0 Å². The van der Waals surface area contributed by atoms with Crippen molar-refractivity contribution in [1.82, 2.24) is 10.3 Å². The van der Waals surface area contributed by atoms with E-state index in [-0.39, 0.29) is 11.9 Å². The van der Waals surface area contributed by atoms with E-state index in [4.69, 9.17) is 0 Å². The first-order chi connectivity index (χ1) is 7.77. The average Bonchev–Trinajstić information content (AvgIpc) is 2.83. The van der Waals surface area contributed by atoms with E-state index in [0.717, 1.165) is 10.6 Å². The van der Waals surface area contributed by atoms with Gasteiger partial charge < -0.3 is 5.32 Å². The lowest BCUT2D eigenvalue weighted by molar-refractivity contribution is 0.0943. The van der Waals surface area contributed by atoms with Crippen LogP contribution >= 0.6 is 11.3 Å². The number of aromatic nitrogens is 1. The Morgan fingerprint density at radius 2 is 2.25 bits per heavy atom. The Kier molecular flexibility index (Phi) is 3.31. The minimum atomic E-state index is -0.0733. The predicted octanol–water partition coefficient (Wildman–Crippen LogP) is 2.63. The van der Waals surface area contributed by atoms with Gasteiger partial charge in [-0.3, -0.25) is 9.78 Å². The van der Waals surface area contributed by atoms with Crippen molar-refractivity contribution in [2.24, 2.45) is 0 Å². The summed E-state index contributed by atoms with van der Waals surface area (Å²) in [4.78, 5) is 16.7. The maximum atomic E-state index is 11.8. The monoisotopic (exact) mass is 232 g/mol. The van der Waals surface area contributed by atoms with Crippen LogP contribution < -0.4 is 5.32 Å². The molecule has 0 fully saturated rings. The van der Waals surface area contributed by atoms with Gasteiger partial charge in [-0.15, -0.1) is 11.3 Å². The molecule has 2 rings (SSSR count). The maximum Gasteiger partial charge on any atom is 0.261 e. The molecule has 0 bridgehead atoms. The van der Waals surface area contributed by atoms with Crippen LogP contribution in [-0.4, -0.2) is 10.9 Å². The summed E-state index contributed by atoms with van der Waals surface area (Å²) in [6.07, 6.45) is 1.73. The topological polar surface area (TPSA) is 42.0 Å². The lowest BCUT2D eigenvalue weighted by Crippen LogP contribution is -2.26.